The highest BCUT2D eigenvalue weighted by Crippen LogP contribution is 2.28. The molecule has 0 saturated carbocycles. The zero-order valence-corrected chi connectivity index (χ0v) is 16.6. The van der Waals surface area contributed by atoms with Crippen molar-refractivity contribution >= 4 is 43.4 Å². The molecule has 4 nitrogen and oxygen atoms in total. The molecule has 2 N–H and O–H groups in total. The summed E-state index contributed by atoms with van der Waals surface area (Å²) >= 11 is 0. The summed E-state index contributed by atoms with van der Waals surface area (Å²) in [5.74, 6) is 0. The number of pyridine rings is 2. The third kappa shape index (κ3) is 3.07. The van der Waals surface area contributed by atoms with Crippen LogP contribution < -0.4 is 11.1 Å². The van der Waals surface area contributed by atoms with E-state index in [2.05, 4.69) is 9.97 Å². The van der Waals surface area contributed by atoms with Gasteiger partial charge in [0.2, 0.25) is 0 Å². The number of hydrogen-bond donors (Lipinski definition) is 2. The summed E-state index contributed by atoms with van der Waals surface area (Å²) in [7, 11) is 0. The van der Waals surface area contributed by atoms with Gasteiger partial charge >= 0.3 is 0 Å². The quantitative estimate of drug-likeness (QED) is 0.269. The molecule has 0 aliphatic rings. The monoisotopic (exact) mass is 372 g/mol. The summed E-state index contributed by atoms with van der Waals surface area (Å²) in [6, 6.07) is 18.9. The Hall–Kier alpha value is -3.40. The molecule has 0 aliphatic heterocycles. The van der Waals surface area contributed by atoms with E-state index >= 15 is 0 Å². The second kappa shape index (κ2) is 8.09. The van der Waals surface area contributed by atoms with Crippen molar-refractivity contribution < 1.29 is 0 Å². The lowest BCUT2D eigenvalue weighted by Gasteiger charge is -2.08. The normalized spacial score (nSPS) is 10.4. The molecular weight excluding hydrogens is 348 g/mol. The zero-order chi connectivity index (χ0) is 20.3. The van der Waals surface area contributed by atoms with E-state index in [-0.39, 0.29) is 11.1 Å². The van der Waals surface area contributed by atoms with Gasteiger partial charge in [-0.25, -0.2) is 0 Å². The van der Waals surface area contributed by atoms with Crippen LogP contribution in [-0.4, -0.2) is 9.97 Å². The number of fused-ring (bicyclic) bond motifs is 6. The van der Waals surface area contributed by atoms with E-state index in [1.54, 1.807) is 0 Å². The van der Waals surface area contributed by atoms with E-state index in [0.29, 0.717) is 10.8 Å². The number of H-pyrrole nitrogens is 2. The van der Waals surface area contributed by atoms with Crippen molar-refractivity contribution in [3.05, 3.63) is 81.4 Å². The van der Waals surface area contributed by atoms with Gasteiger partial charge in [-0.15, -0.1) is 0 Å². The van der Waals surface area contributed by atoms with Gasteiger partial charge in [-0.3, -0.25) is 9.59 Å². The number of hydrogen-bond acceptors (Lipinski definition) is 2. The first-order valence-electron chi connectivity index (χ1n) is 9.72. The van der Waals surface area contributed by atoms with E-state index in [1.165, 1.54) is 0 Å². The second-order valence-electron chi connectivity index (χ2n) is 5.94. The van der Waals surface area contributed by atoms with E-state index in [4.69, 9.17) is 0 Å². The second-order valence-corrected chi connectivity index (χ2v) is 5.94. The van der Waals surface area contributed by atoms with Gasteiger partial charge in [0.25, 0.3) is 11.1 Å². The molecule has 2 heterocycles. The zero-order valence-electron chi connectivity index (χ0n) is 16.6. The van der Waals surface area contributed by atoms with Crippen LogP contribution in [0.15, 0.2) is 70.3 Å². The minimum Gasteiger partial charge on any atom is -0.321 e. The highest BCUT2D eigenvalue weighted by atomic mass is 16.1. The third-order valence-corrected chi connectivity index (χ3v) is 4.58. The maximum Gasteiger partial charge on any atom is 0.256 e. The molecule has 0 unspecified atom stereocenters. The Morgan fingerprint density at radius 3 is 1.25 bits per heavy atom. The van der Waals surface area contributed by atoms with Crippen LogP contribution in [0.1, 0.15) is 27.7 Å². The average molecular weight is 372 g/mol. The number of aromatic nitrogens is 2. The van der Waals surface area contributed by atoms with Gasteiger partial charge in [0.05, 0.1) is 0 Å². The third-order valence-electron chi connectivity index (χ3n) is 4.58. The summed E-state index contributed by atoms with van der Waals surface area (Å²) in [6.45, 7) is 8.00. The molecule has 0 atom stereocenters. The Bertz CT molecular complexity index is 1290. The number of rotatable bonds is 0. The number of benzene rings is 3. The van der Waals surface area contributed by atoms with Crippen LogP contribution in [0.3, 0.4) is 0 Å². The molecule has 0 aliphatic carbocycles. The Kier molecular flexibility index (Phi) is 5.59. The van der Waals surface area contributed by atoms with Gasteiger partial charge in [0.15, 0.2) is 0 Å². The first-order chi connectivity index (χ1) is 13.7. The van der Waals surface area contributed by atoms with Crippen LogP contribution in [0, 0.1) is 0 Å². The smallest absolute Gasteiger partial charge is 0.256 e. The summed E-state index contributed by atoms with van der Waals surface area (Å²) in [5.41, 5.74) is 1.25. The number of aromatic amines is 2. The lowest BCUT2D eigenvalue weighted by Crippen LogP contribution is -2.09. The first kappa shape index (κ1) is 19.4. The fraction of sp³-hybridized carbons (Fsp3) is 0.167. The fourth-order valence-electron chi connectivity index (χ4n) is 3.45. The SMILES string of the molecule is CC.CC.O=c1[nH]c2ccccc2c2cc3c(=O)[nH]c4ccccc4c3cc12. The van der Waals surface area contributed by atoms with Gasteiger partial charge in [-0.1, -0.05) is 64.1 Å². The molecule has 0 saturated heterocycles. The molecule has 0 radical (unpaired) electrons. The molecule has 142 valence electrons. The standard InChI is InChI=1S/C20H12N2O2.2C2H6/c23-19-15-10-14-12-6-2-4-8-18(12)22-20(24)16(14)9-13(15)11-5-1-3-7-17(11)21-19;2*1-2/h1-10H,(H,21,23)(H,22,24);2*1-2H3. The summed E-state index contributed by atoms with van der Waals surface area (Å²) < 4.78 is 0. The molecule has 0 amide bonds. The minimum absolute atomic E-state index is 0.144. The Labute approximate surface area is 162 Å². The molecule has 2 aromatic heterocycles. The van der Waals surface area contributed by atoms with Crippen LogP contribution in [-0.2, 0) is 0 Å². The molecule has 28 heavy (non-hydrogen) atoms. The number of nitrogens with one attached hydrogen (secondary N) is 2. The summed E-state index contributed by atoms with van der Waals surface area (Å²) in [6.07, 6.45) is 0. The lowest BCUT2D eigenvalue weighted by molar-refractivity contribution is 1.34. The van der Waals surface area contributed by atoms with Crippen LogP contribution in [0.25, 0.3) is 43.4 Å². The van der Waals surface area contributed by atoms with Gasteiger partial charge < -0.3 is 9.97 Å². The predicted molar refractivity (Wildman–Crippen MR) is 120 cm³/mol. The lowest BCUT2D eigenvalue weighted by atomic mass is 10.00. The molecule has 4 heteroatoms. The molecular formula is C24H24N2O2. The first-order valence-corrected chi connectivity index (χ1v) is 9.72. The Morgan fingerprint density at radius 1 is 0.500 bits per heavy atom. The van der Waals surface area contributed by atoms with Crippen molar-refractivity contribution in [2.24, 2.45) is 0 Å². The van der Waals surface area contributed by atoms with Crippen LogP contribution in [0.2, 0.25) is 0 Å². The fourth-order valence-corrected chi connectivity index (χ4v) is 3.45. The highest BCUT2D eigenvalue weighted by molar-refractivity contribution is 6.15. The van der Waals surface area contributed by atoms with Crippen molar-refractivity contribution in [2.75, 3.05) is 0 Å². The predicted octanol–water partition coefficient (Wildman–Crippen LogP) is 5.73. The van der Waals surface area contributed by atoms with E-state index in [1.807, 2.05) is 88.4 Å². The Balaban J connectivity index is 0.000000531. The summed E-state index contributed by atoms with van der Waals surface area (Å²) in [5, 5.41) is 4.64. The van der Waals surface area contributed by atoms with Crippen molar-refractivity contribution in [3.63, 3.8) is 0 Å². The van der Waals surface area contributed by atoms with E-state index in [9.17, 15) is 9.59 Å². The van der Waals surface area contributed by atoms with E-state index < -0.39 is 0 Å². The van der Waals surface area contributed by atoms with Gasteiger partial charge in [0.1, 0.15) is 0 Å². The molecule has 5 rings (SSSR count). The molecule has 3 aromatic carbocycles. The Morgan fingerprint density at radius 2 is 0.857 bits per heavy atom. The topological polar surface area (TPSA) is 65.7 Å². The molecule has 0 bridgehead atoms. The molecule has 0 fully saturated rings. The minimum atomic E-state index is -0.144. The van der Waals surface area contributed by atoms with Gasteiger partial charge in [-0.05, 0) is 35.0 Å². The maximum absolute atomic E-state index is 12.5. The highest BCUT2D eigenvalue weighted by Gasteiger charge is 2.11. The van der Waals surface area contributed by atoms with Crippen LogP contribution in [0.5, 0.6) is 0 Å². The molecule has 0 spiro atoms. The largest absolute Gasteiger partial charge is 0.321 e. The number of para-hydroxylation sites is 2. The van der Waals surface area contributed by atoms with Crippen molar-refractivity contribution in [1.29, 1.82) is 0 Å². The molecule has 5 aromatic rings. The van der Waals surface area contributed by atoms with Crippen LogP contribution >= 0.6 is 0 Å². The van der Waals surface area contributed by atoms with Crippen molar-refractivity contribution in [2.45, 2.75) is 27.7 Å². The van der Waals surface area contributed by atoms with Crippen LogP contribution in [0.4, 0.5) is 0 Å². The van der Waals surface area contributed by atoms with E-state index in [0.717, 1.165) is 32.6 Å². The van der Waals surface area contributed by atoms with Crippen molar-refractivity contribution in [3.8, 4) is 0 Å². The summed E-state index contributed by atoms with van der Waals surface area (Å²) in [4.78, 5) is 30.9. The van der Waals surface area contributed by atoms with Gasteiger partial charge in [0, 0.05) is 32.6 Å². The van der Waals surface area contributed by atoms with Gasteiger partial charge in [-0.2, -0.15) is 0 Å². The maximum atomic E-state index is 12.5. The average Bonchev–Trinajstić information content (AvgIpc) is 2.76. The van der Waals surface area contributed by atoms with Crippen molar-refractivity contribution in [1.82, 2.24) is 9.97 Å².